The molecule has 0 aromatic carbocycles. The fourth-order valence-corrected chi connectivity index (χ4v) is 2.20. The van der Waals surface area contributed by atoms with Gasteiger partial charge in [0.25, 0.3) is 0 Å². The molecule has 8 nitrogen and oxygen atoms in total. The number of nitrogens with one attached hydrogen (secondary N) is 1. The average molecular weight is 431 g/mol. The average Bonchev–Trinajstić information content (AvgIpc) is 3.56. The topological polar surface area (TPSA) is 127 Å². The Balaban J connectivity index is 0.000000582. The van der Waals surface area contributed by atoms with Crippen LogP contribution in [0.3, 0.4) is 0 Å². The zero-order valence-corrected chi connectivity index (χ0v) is 18.4. The molecular formula is C23H34N4O4. The normalized spacial score (nSPS) is 18.4. The molecule has 0 radical (unpaired) electrons. The number of Topliss-reactive ketones (excluding diaryl/α,β-unsaturated/α-hetero) is 1. The van der Waals surface area contributed by atoms with Crippen molar-refractivity contribution in [1.29, 1.82) is 0 Å². The first-order valence-electron chi connectivity index (χ1n) is 10.4. The molecule has 3 N–H and O–H groups in total. The van der Waals surface area contributed by atoms with Gasteiger partial charge >= 0.3 is 0 Å². The van der Waals surface area contributed by atoms with E-state index in [9.17, 15) is 14.5 Å². The van der Waals surface area contributed by atoms with E-state index in [1.807, 2.05) is 55.0 Å². The first-order chi connectivity index (χ1) is 15.1. The highest BCUT2D eigenvalue weighted by Gasteiger charge is 2.48. The number of carbonyl (C=O) groups is 2. The van der Waals surface area contributed by atoms with Crippen molar-refractivity contribution in [3.05, 3.63) is 65.7 Å². The lowest BCUT2D eigenvalue weighted by Gasteiger charge is -1.92. The van der Waals surface area contributed by atoms with Gasteiger partial charge in [0.15, 0.2) is 18.0 Å². The molecule has 2 atom stereocenters. The number of epoxide rings is 1. The van der Waals surface area contributed by atoms with Crippen LogP contribution in [0.4, 0.5) is 0 Å². The van der Waals surface area contributed by atoms with E-state index in [2.05, 4.69) is 29.5 Å². The minimum absolute atomic E-state index is 0.0421. The second-order valence-electron chi connectivity index (χ2n) is 6.44. The molecule has 31 heavy (non-hydrogen) atoms. The van der Waals surface area contributed by atoms with Crippen molar-refractivity contribution < 1.29 is 14.3 Å². The van der Waals surface area contributed by atoms with Crippen LogP contribution in [0, 0.1) is 4.91 Å². The molecule has 0 aliphatic carbocycles. The van der Waals surface area contributed by atoms with Gasteiger partial charge in [-0.2, -0.15) is 10.6 Å². The Morgan fingerprint density at radius 3 is 2.29 bits per heavy atom. The zero-order valence-electron chi connectivity index (χ0n) is 18.4. The third-order valence-corrected chi connectivity index (χ3v) is 3.83. The summed E-state index contributed by atoms with van der Waals surface area (Å²) in [6.45, 7) is 4.12. The van der Waals surface area contributed by atoms with Crippen LogP contribution >= 0.6 is 0 Å². The first-order valence-corrected chi connectivity index (χ1v) is 10.4. The molecule has 170 valence electrons. The van der Waals surface area contributed by atoms with Crippen LogP contribution in [0.25, 0.3) is 0 Å². The van der Waals surface area contributed by atoms with E-state index in [-0.39, 0.29) is 5.78 Å². The second kappa shape index (κ2) is 20.2. The molecule has 1 heterocycles. The third kappa shape index (κ3) is 17.4. The molecule has 0 spiro atoms. The van der Waals surface area contributed by atoms with Gasteiger partial charge in [0.2, 0.25) is 5.91 Å². The molecule has 1 saturated heterocycles. The number of rotatable bonds is 15. The maximum atomic E-state index is 11.4. The molecule has 1 fully saturated rings. The van der Waals surface area contributed by atoms with Gasteiger partial charge < -0.3 is 10.5 Å². The van der Waals surface area contributed by atoms with Crippen LogP contribution in [-0.2, 0) is 14.3 Å². The predicted octanol–water partition coefficient (Wildman–Crippen LogP) is 4.21. The van der Waals surface area contributed by atoms with Crippen LogP contribution in [0.15, 0.2) is 71.1 Å². The summed E-state index contributed by atoms with van der Waals surface area (Å²) in [5.41, 5.74) is 6.92. The quantitative estimate of drug-likeness (QED) is 0.100. The standard InChI is InChI=1S/C12H17NO3.C11H17N3O/c1-2-3-4-5-6-7-8-9(14)10-11(16-10)12(13)15;1-2-3-4-5-6-7-8-9-10-11-12-13-14-15/h2-3,5-6,10-11H,4,7-8H2,1H3,(H2,13,15);4-5,7-11H,2-3,6H2,1H3,(H,13,15)/b3-2+,6-5+;5-4+,8-7+,10-9+,12-11+/t10-,11-;/m1./s1. The highest BCUT2D eigenvalue weighted by molar-refractivity contribution is 5.95. The number of primary amides is 1. The van der Waals surface area contributed by atoms with E-state index < -0.39 is 18.1 Å². The molecule has 8 heteroatoms. The van der Waals surface area contributed by atoms with E-state index in [0.717, 1.165) is 19.3 Å². The van der Waals surface area contributed by atoms with E-state index >= 15 is 0 Å². The molecule has 1 aliphatic heterocycles. The number of nitroso groups, excluding NO2 is 1. The number of hydrogen-bond donors (Lipinski definition) is 2. The highest BCUT2D eigenvalue weighted by Crippen LogP contribution is 2.24. The molecule has 1 amide bonds. The summed E-state index contributed by atoms with van der Waals surface area (Å²) in [6, 6.07) is 0. The summed E-state index contributed by atoms with van der Waals surface area (Å²) in [6.07, 6.45) is 25.2. The van der Waals surface area contributed by atoms with E-state index in [4.69, 9.17) is 10.5 Å². The van der Waals surface area contributed by atoms with Crippen LogP contribution in [0.5, 0.6) is 0 Å². The molecule has 0 bridgehead atoms. The predicted molar refractivity (Wildman–Crippen MR) is 125 cm³/mol. The molecule has 0 aromatic rings. The Labute approximate surface area is 184 Å². The number of nitrogens with two attached hydrogens (primary N) is 1. The van der Waals surface area contributed by atoms with E-state index in [1.165, 1.54) is 12.6 Å². The van der Waals surface area contributed by atoms with Gasteiger partial charge in [-0.3, -0.25) is 9.59 Å². The summed E-state index contributed by atoms with van der Waals surface area (Å²) < 4.78 is 4.88. The van der Waals surface area contributed by atoms with Crippen molar-refractivity contribution >= 4 is 17.9 Å². The monoisotopic (exact) mass is 430 g/mol. The van der Waals surface area contributed by atoms with Crippen molar-refractivity contribution in [2.75, 3.05) is 0 Å². The number of ketones is 1. The maximum Gasteiger partial charge on any atom is 0.249 e. The fourth-order valence-electron chi connectivity index (χ4n) is 2.20. The van der Waals surface area contributed by atoms with Gasteiger partial charge in [0, 0.05) is 12.6 Å². The van der Waals surface area contributed by atoms with Crippen molar-refractivity contribution in [3.8, 4) is 0 Å². The van der Waals surface area contributed by atoms with Crippen molar-refractivity contribution in [1.82, 2.24) is 5.53 Å². The highest BCUT2D eigenvalue weighted by atomic mass is 16.6. The SMILES string of the molecule is C/C=C/C/C=C/CCC(=O)[C@H]1O[C@H]1C(N)=O.CCC/C=C/C/C=C/C=C/C=N/NN=O. The van der Waals surface area contributed by atoms with Crippen molar-refractivity contribution in [3.63, 3.8) is 0 Å². The number of allylic oxidation sites excluding steroid dienone is 10. The Kier molecular flexibility index (Phi) is 18.1. The number of unbranched alkanes of at least 4 members (excludes halogenated alkanes) is 1. The molecule has 0 unspecified atom stereocenters. The van der Waals surface area contributed by atoms with Crippen molar-refractivity contribution in [2.24, 2.45) is 16.1 Å². The number of amides is 1. The lowest BCUT2D eigenvalue weighted by atomic mass is 10.1. The van der Waals surface area contributed by atoms with Gasteiger partial charge in [0.05, 0.1) is 5.29 Å². The van der Waals surface area contributed by atoms with Gasteiger partial charge in [-0.1, -0.05) is 68.0 Å². The maximum absolute atomic E-state index is 11.4. The van der Waals surface area contributed by atoms with Crippen LogP contribution < -0.4 is 11.3 Å². The minimum Gasteiger partial charge on any atom is -0.367 e. The second-order valence-corrected chi connectivity index (χ2v) is 6.44. The third-order valence-electron chi connectivity index (χ3n) is 3.83. The Bertz CT molecular complexity index is 694. The molecule has 1 rings (SSSR count). The largest absolute Gasteiger partial charge is 0.367 e. The van der Waals surface area contributed by atoms with Crippen LogP contribution in [-0.4, -0.2) is 30.1 Å². The lowest BCUT2D eigenvalue weighted by Crippen LogP contribution is -2.22. The smallest absolute Gasteiger partial charge is 0.249 e. The summed E-state index contributed by atoms with van der Waals surface area (Å²) >= 11 is 0. The van der Waals surface area contributed by atoms with Crippen LogP contribution in [0.2, 0.25) is 0 Å². The van der Waals surface area contributed by atoms with Crippen molar-refractivity contribution in [2.45, 2.75) is 64.6 Å². The summed E-state index contributed by atoms with van der Waals surface area (Å²) in [4.78, 5) is 31.6. The Morgan fingerprint density at radius 2 is 1.68 bits per heavy atom. The van der Waals surface area contributed by atoms with E-state index in [1.54, 1.807) is 6.08 Å². The summed E-state index contributed by atoms with van der Waals surface area (Å²) in [5, 5.41) is 5.81. The first kappa shape index (κ1) is 27.9. The zero-order chi connectivity index (χ0) is 23.2. The molecule has 0 aromatic heterocycles. The summed E-state index contributed by atoms with van der Waals surface area (Å²) in [7, 11) is 0. The molecule has 1 aliphatic rings. The minimum atomic E-state index is -0.681. The summed E-state index contributed by atoms with van der Waals surface area (Å²) in [5.74, 6) is -0.596. The Hall–Kier alpha value is -3.13. The fraction of sp³-hybridized carbons (Fsp3) is 0.435. The van der Waals surface area contributed by atoms with Gasteiger partial charge in [0.1, 0.15) is 0 Å². The van der Waals surface area contributed by atoms with Gasteiger partial charge in [-0.15, -0.1) is 4.91 Å². The lowest BCUT2D eigenvalue weighted by molar-refractivity contribution is -0.121. The number of hydrazone groups is 1. The van der Waals surface area contributed by atoms with Gasteiger partial charge in [-0.05, 0) is 38.7 Å². The molecule has 0 saturated carbocycles. The molecular weight excluding hydrogens is 396 g/mol. The van der Waals surface area contributed by atoms with Crippen LogP contribution in [0.1, 0.15) is 52.4 Å². The van der Waals surface area contributed by atoms with Gasteiger partial charge in [-0.25, -0.2) is 0 Å². The number of ether oxygens (including phenoxy) is 1. The number of nitrogens with zero attached hydrogens (tertiary/aromatic N) is 2. The Morgan fingerprint density at radius 1 is 0.968 bits per heavy atom. The number of hydrogen-bond acceptors (Lipinski definition) is 6. The number of carbonyl (C=O) groups excluding carboxylic acids is 2. The van der Waals surface area contributed by atoms with E-state index in [0.29, 0.717) is 12.8 Å².